The molecule has 19 heavy (non-hydrogen) atoms. The number of hydrogen-bond donors (Lipinski definition) is 0. The summed E-state index contributed by atoms with van der Waals surface area (Å²) in [4.78, 5) is 14.8. The van der Waals surface area contributed by atoms with Gasteiger partial charge >= 0.3 is 0 Å². The number of carbonyl (C=O) groups excluding carboxylic acids is 1. The topological polar surface area (TPSA) is 63.0 Å². The van der Waals surface area contributed by atoms with Gasteiger partial charge in [0.05, 0.1) is 12.2 Å². The van der Waals surface area contributed by atoms with E-state index in [1.807, 2.05) is 24.3 Å². The van der Waals surface area contributed by atoms with Crippen LogP contribution in [0.5, 0.6) is 5.75 Å². The molecule has 0 aliphatic rings. The van der Waals surface area contributed by atoms with E-state index in [0.29, 0.717) is 36.2 Å². The zero-order chi connectivity index (χ0) is 13.5. The van der Waals surface area contributed by atoms with Gasteiger partial charge in [0.1, 0.15) is 18.1 Å². The van der Waals surface area contributed by atoms with E-state index >= 15 is 0 Å². The predicted octanol–water partition coefficient (Wildman–Crippen LogP) is 2.39. The van der Waals surface area contributed by atoms with E-state index in [1.165, 1.54) is 6.07 Å². The first-order valence-corrected chi connectivity index (χ1v) is 5.85. The van der Waals surface area contributed by atoms with Crippen LogP contribution in [-0.2, 0) is 6.42 Å². The summed E-state index contributed by atoms with van der Waals surface area (Å²) in [6.07, 6.45) is 3.11. The minimum absolute atomic E-state index is 0.366. The van der Waals surface area contributed by atoms with Gasteiger partial charge in [0.15, 0.2) is 0 Å². The maximum atomic E-state index is 10.6. The maximum absolute atomic E-state index is 10.6. The normalized spacial score (nSPS) is 9.63. The standard InChI is InChI=1S/C15H12N2O2/c16-10-13-9-12(11-18)4-5-15(13)19-8-6-14-3-1-2-7-17-14/h1-5,7,9,11H,6,8H2. The molecule has 0 radical (unpaired) electrons. The number of nitriles is 1. The predicted molar refractivity (Wildman–Crippen MR) is 70.0 cm³/mol. The molecule has 0 aliphatic carbocycles. The Labute approximate surface area is 111 Å². The van der Waals surface area contributed by atoms with Crippen molar-refractivity contribution < 1.29 is 9.53 Å². The SMILES string of the molecule is N#Cc1cc(C=O)ccc1OCCc1ccccn1. The summed E-state index contributed by atoms with van der Waals surface area (Å²) in [6, 6.07) is 12.5. The molecule has 0 spiro atoms. The monoisotopic (exact) mass is 252 g/mol. The molecule has 4 heteroatoms. The first kappa shape index (κ1) is 12.8. The molecular weight excluding hydrogens is 240 g/mol. The quantitative estimate of drug-likeness (QED) is 0.766. The lowest BCUT2D eigenvalue weighted by molar-refractivity contribution is 0.112. The van der Waals surface area contributed by atoms with Crippen LogP contribution in [0.1, 0.15) is 21.6 Å². The molecule has 2 aromatic rings. The van der Waals surface area contributed by atoms with Crippen LogP contribution < -0.4 is 4.74 Å². The van der Waals surface area contributed by atoms with Crippen molar-refractivity contribution in [1.29, 1.82) is 5.26 Å². The van der Waals surface area contributed by atoms with Crippen LogP contribution >= 0.6 is 0 Å². The van der Waals surface area contributed by atoms with Crippen LogP contribution in [0.4, 0.5) is 0 Å². The Morgan fingerprint density at radius 1 is 1.32 bits per heavy atom. The van der Waals surface area contributed by atoms with E-state index in [2.05, 4.69) is 4.98 Å². The van der Waals surface area contributed by atoms with E-state index in [9.17, 15) is 4.79 Å². The van der Waals surface area contributed by atoms with Crippen LogP contribution in [0.2, 0.25) is 0 Å². The van der Waals surface area contributed by atoms with Crippen molar-refractivity contribution in [2.24, 2.45) is 0 Å². The molecule has 4 nitrogen and oxygen atoms in total. The second-order valence-electron chi connectivity index (χ2n) is 3.90. The third-order valence-electron chi connectivity index (χ3n) is 2.60. The van der Waals surface area contributed by atoms with Gasteiger partial charge in [-0.2, -0.15) is 5.26 Å². The lowest BCUT2D eigenvalue weighted by Gasteiger charge is -2.07. The number of aldehydes is 1. The molecule has 0 amide bonds. The minimum atomic E-state index is 0.366. The molecule has 0 fully saturated rings. The summed E-state index contributed by atoms with van der Waals surface area (Å²) >= 11 is 0. The molecule has 0 saturated heterocycles. The van der Waals surface area contributed by atoms with Gasteiger partial charge in [0.2, 0.25) is 0 Å². The van der Waals surface area contributed by atoms with Gasteiger partial charge in [-0.3, -0.25) is 9.78 Å². The Morgan fingerprint density at radius 3 is 2.89 bits per heavy atom. The molecule has 1 aromatic heterocycles. The molecule has 0 bridgehead atoms. The number of pyridine rings is 1. The second kappa shape index (κ2) is 6.31. The molecule has 1 aromatic carbocycles. The Hall–Kier alpha value is -2.67. The maximum Gasteiger partial charge on any atom is 0.150 e. The van der Waals surface area contributed by atoms with Crippen molar-refractivity contribution >= 4 is 6.29 Å². The van der Waals surface area contributed by atoms with Gasteiger partial charge in [-0.1, -0.05) is 6.07 Å². The van der Waals surface area contributed by atoms with E-state index in [-0.39, 0.29) is 0 Å². The lowest BCUT2D eigenvalue weighted by Crippen LogP contribution is -2.04. The molecule has 94 valence electrons. The van der Waals surface area contributed by atoms with E-state index < -0.39 is 0 Å². The number of carbonyl (C=O) groups is 1. The Balaban J connectivity index is 2.00. The smallest absolute Gasteiger partial charge is 0.150 e. The first-order valence-electron chi connectivity index (χ1n) is 5.85. The number of ether oxygens (including phenoxy) is 1. The average Bonchev–Trinajstić information content (AvgIpc) is 2.48. The van der Waals surface area contributed by atoms with Crippen LogP contribution in [-0.4, -0.2) is 17.9 Å². The van der Waals surface area contributed by atoms with E-state index in [0.717, 1.165) is 5.69 Å². The minimum Gasteiger partial charge on any atom is -0.492 e. The van der Waals surface area contributed by atoms with Crippen LogP contribution in [0, 0.1) is 11.3 Å². The summed E-state index contributed by atoms with van der Waals surface area (Å²) in [5, 5.41) is 9.00. The molecule has 1 heterocycles. The number of nitrogens with zero attached hydrogens (tertiary/aromatic N) is 2. The average molecular weight is 252 g/mol. The summed E-state index contributed by atoms with van der Waals surface area (Å²) < 4.78 is 5.55. The van der Waals surface area contributed by atoms with Crippen molar-refractivity contribution in [2.45, 2.75) is 6.42 Å². The number of aromatic nitrogens is 1. The highest BCUT2D eigenvalue weighted by Crippen LogP contribution is 2.18. The third-order valence-corrected chi connectivity index (χ3v) is 2.60. The summed E-state index contributed by atoms with van der Waals surface area (Å²) in [6.45, 7) is 0.437. The Kier molecular flexibility index (Phi) is 4.25. The highest BCUT2D eigenvalue weighted by molar-refractivity contribution is 5.76. The zero-order valence-electron chi connectivity index (χ0n) is 10.2. The van der Waals surface area contributed by atoms with Gasteiger partial charge in [0, 0.05) is 23.9 Å². The highest BCUT2D eigenvalue weighted by Gasteiger charge is 2.04. The van der Waals surface area contributed by atoms with Crippen molar-refractivity contribution in [1.82, 2.24) is 4.98 Å². The third kappa shape index (κ3) is 3.39. The molecule has 0 N–H and O–H groups in total. The van der Waals surface area contributed by atoms with Gasteiger partial charge in [-0.05, 0) is 30.3 Å². The summed E-state index contributed by atoms with van der Waals surface area (Å²) in [7, 11) is 0. The number of hydrogen-bond acceptors (Lipinski definition) is 4. The molecular formula is C15H12N2O2. The molecule has 0 unspecified atom stereocenters. The fourth-order valence-electron chi connectivity index (χ4n) is 1.65. The summed E-state index contributed by atoms with van der Waals surface area (Å²) in [5.74, 6) is 0.490. The van der Waals surface area contributed by atoms with E-state index in [4.69, 9.17) is 10.00 Å². The van der Waals surface area contributed by atoms with Crippen LogP contribution in [0.25, 0.3) is 0 Å². The van der Waals surface area contributed by atoms with Crippen molar-refractivity contribution in [3.63, 3.8) is 0 Å². The second-order valence-corrected chi connectivity index (χ2v) is 3.90. The molecule has 2 rings (SSSR count). The molecule has 0 saturated carbocycles. The van der Waals surface area contributed by atoms with Gasteiger partial charge < -0.3 is 4.74 Å². The van der Waals surface area contributed by atoms with Gasteiger partial charge in [-0.25, -0.2) is 0 Å². The first-order chi connectivity index (χ1) is 9.33. The van der Waals surface area contributed by atoms with Crippen molar-refractivity contribution in [2.75, 3.05) is 6.61 Å². The molecule has 0 atom stereocenters. The van der Waals surface area contributed by atoms with Gasteiger partial charge in [0.25, 0.3) is 0 Å². The van der Waals surface area contributed by atoms with E-state index in [1.54, 1.807) is 18.3 Å². The molecule has 0 aliphatic heterocycles. The highest BCUT2D eigenvalue weighted by atomic mass is 16.5. The van der Waals surface area contributed by atoms with Crippen LogP contribution in [0.3, 0.4) is 0 Å². The van der Waals surface area contributed by atoms with Crippen molar-refractivity contribution in [3.05, 3.63) is 59.4 Å². The van der Waals surface area contributed by atoms with Gasteiger partial charge in [-0.15, -0.1) is 0 Å². The zero-order valence-corrected chi connectivity index (χ0v) is 10.2. The fraction of sp³-hybridized carbons (Fsp3) is 0.133. The fourth-order valence-corrected chi connectivity index (χ4v) is 1.65. The lowest BCUT2D eigenvalue weighted by atomic mass is 10.1. The number of rotatable bonds is 5. The van der Waals surface area contributed by atoms with Crippen molar-refractivity contribution in [3.8, 4) is 11.8 Å². The Morgan fingerprint density at radius 2 is 2.21 bits per heavy atom. The van der Waals surface area contributed by atoms with Crippen LogP contribution in [0.15, 0.2) is 42.6 Å². The number of benzene rings is 1. The largest absolute Gasteiger partial charge is 0.492 e. The Bertz CT molecular complexity index is 603. The summed E-state index contributed by atoms with van der Waals surface area (Å²) in [5.41, 5.74) is 1.77.